The second-order valence-electron chi connectivity index (χ2n) is 5.88. The van der Waals surface area contributed by atoms with Crippen molar-refractivity contribution < 1.29 is 8.81 Å². The third kappa shape index (κ3) is 2.56. The summed E-state index contributed by atoms with van der Waals surface area (Å²) in [6.45, 7) is 5.11. The summed E-state index contributed by atoms with van der Waals surface area (Å²) in [5.41, 5.74) is 0.748. The van der Waals surface area contributed by atoms with E-state index in [2.05, 4.69) is 20.4 Å². The zero-order valence-electron chi connectivity index (χ0n) is 11.6. The number of aromatic nitrogens is 2. The molecule has 1 aromatic carbocycles. The fraction of sp³-hybridized carbons (Fsp3) is 0.467. The quantitative estimate of drug-likeness (QED) is 0.928. The molecular formula is C15H17FN4O. The van der Waals surface area contributed by atoms with Gasteiger partial charge in [-0.15, -0.1) is 10.2 Å². The van der Waals surface area contributed by atoms with Gasteiger partial charge in [0.15, 0.2) is 0 Å². The first kappa shape index (κ1) is 12.9. The number of hydrogen-bond donors (Lipinski definition) is 1. The van der Waals surface area contributed by atoms with E-state index in [1.54, 1.807) is 12.1 Å². The molecule has 0 saturated carbocycles. The van der Waals surface area contributed by atoms with Crippen molar-refractivity contribution in [3.05, 3.63) is 36.0 Å². The third-order valence-corrected chi connectivity index (χ3v) is 4.38. The highest BCUT2D eigenvalue weighted by molar-refractivity contribution is 5.51. The molecule has 0 spiro atoms. The van der Waals surface area contributed by atoms with Gasteiger partial charge in [-0.25, -0.2) is 4.39 Å². The Morgan fingerprint density at radius 2 is 1.86 bits per heavy atom. The minimum atomic E-state index is -0.268. The van der Waals surface area contributed by atoms with Crippen LogP contribution >= 0.6 is 0 Å². The molecule has 2 aromatic rings. The highest BCUT2D eigenvalue weighted by Gasteiger charge is 2.36. The van der Waals surface area contributed by atoms with Crippen LogP contribution < -0.4 is 5.32 Å². The van der Waals surface area contributed by atoms with Gasteiger partial charge in [-0.05, 0) is 49.2 Å². The van der Waals surface area contributed by atoms with Crippen LogP contribution in [0.15, 0.2) is 28.7 Å². The average molecular weight is 288 g/mol. The number of fused-ring (bicyclic) bond motifs is 1. The molecule has 2 fully saturated rings. The number of rotatable bonds is 3. The Balaban J connectivity index is 1.44. The smallest absolute Gasteiger partial charge is 0.247 e. The van der Waals surface area contributed by atoms with E-state index in [0.717, 1.165) is 43.6 Å². The first-order valence-corrected chi connectivity index (χ1v) is 7.29. The molecule has 2 atom stereocenters. The number of likely N-dealkylation sites (tertiary alicyclic amines) is 1. The van der Waals surface area contributed by atoms with Crippen molar-refractivity contribution in [3.63, 3.8) is 0 Å². The monoisotopic (exact) mass is 288 g/mol. The predicted molar refractivity (Wildman–Crippen MR) is 74.8 cm³/mol. The fourth-order valence-electron chi connectivity index (χ4n) is 3.30. The highest BCUT2D eigenvalue weighted by atomic mass is 19.1. The van der Waals surface area contributed by atoms with Gasteiger partial charge in [-0.1, -0.05) is 0 Å². The summed E-state index contributed by atoms with van der Waals surface area (Å²) in [5.74, 6) is 2.32. The van der Waals surface area contributed by atoms with Crippen LogP contribution in [-0.2, 0) is 6.54 Å². The lowest BCUT2D eigenvalue weighted by Gasteiger charge is -2.13. The minimum absolute atomic E-state index is 0.268. The van der Waals surface area contributed by atoms with Crippen molar-refractivity contribution in [2.24, 2.45) is 11.8 Å². The van der Waals surface area contributed by atoms with Crippen molar-refractivity contribution in [1.82, 2.24) is 20.4 Å². The normalized spacial score (nSPS) is 25.4. The van der Waals surface area contributed by atoms with Gasteiger partial charge in [0.2, 0.25) is 11.8 Å². The van der Waals surface area contributed by atoms with Crippen molar-refractivity contribution in [2.75, 3.05) is 26.2 Å². The van der Waals surface area contributed by atoms with Gasteiger partial charge in [0.25, 0.3) is 0 Å². The summed E-state index contributed by atoms with van der Waals surface area (Å²) >= 11 is 0. The van der Waals surface area contributed by atoms with Crippen molar-refractivity contribution in [3.8, 4) is 11.5 Å². The molecule has 5 nitrogen and oxygen atoms in total. The molecule has 1 N–H and O–H groups in total. The molecule has 0 bridgehead atoms. The molecule has 6 heteroatoms. The molecule has 0 radical (unpaired) electrons. The maximum absolute atomic E-state index is 12.9. The number of benzene rings is 1. The first-order chi connectivity index (χ1) is 10.3. The summed E-state index contributed by atoms with van der Waals surface area (Å²) in [7, 11) is 0. The Bertz CT molecular complexity index is 615. The third-order valence-electron chi connectivity index (χ3n) is 4.38. The Morgan fingerprint density at radius 1 is 1.14 bits per heavy atom. The molecule has 2 saturated heterocycles. The van der Waals surface area contributed by atoms with Crippen LogP contribution in [0.1, 0.15) is 5.89 Å². The van der Waals surface area contributed by atoms with E-state index in [1.807, 2.05) is 0 Å². The van der Waals surface area contributed by atoms with E-state index < -0.39 is 0 Å². The van der Waals surface area contributed by atoms with Gasteiger partial charge >= 0.3 is 0 Å². The number of nitrogens with zero attached hydrogens (tertiary/aromatic N) is 3. The molecule has 0 unspecified atom stereocenters. The molecule has 2 aliphatic heterocycles. The maximum Gasteiger partial charge on any atom is 0.247 e. The summed E-state index contributed by atoms with van der Waals surface area (Å²) in [4.78, 5) is 2.37. The molecule has 110 valence electrons. The fourth-order valence-corrected chi connectivity index (χ4v) is 3.30. The Morgan fingerprint density at radius 3 is 2.57 bits per heavy atom. The van der Waals surface area contributed by atoms with E-state index in [-0.39, 0.29) is 5.82 Å². The van der Waals surface area contributed by atoms with E-state index in [1.165, 1.54) is 12.1 Å². The van der Waals surface area contributed by atoms with Crippen LogP contribution in [0.4, 0.5) is 4.39 Å². The molecular weight excluding hydrogens is 271 g/mol. The molecule has 21 heavy (non-hydrogen) atoms. The minimum Gasteiger partial charge on any atom is -0.419 e. The standard InChI is InChI=1S/C15H17FN4O/c16-13-3-1-10(2-4-13)15-19-18-14(21-15)9-20-7-11-5-17-6-12(11)8-20/h1-4,11-12,17H,5-9H2/t11-,12+. The predicted octanol–water partition coefficient (Wildman–Crippen LogP) is 1.53. The van der Waals surface area contributed by atoms with Gasteiger partial charge in [-0.2, -0.15) is 0 Å². The zero-order valence-corrected chi connectivity index (χ0v) is 11.6. The lowest BCUT2D eigenvalue weighted by Crippen LogP contribution is -2.25. The van der Waals surface area contributed by atoms with Crippen molar-refractivity contribution in [1.29, 1.82) is 0 Å². The molecule has 2 aliphatic rings. The van der Waals surface area contributed by atoms with Gasteiger partial charge in [-0.3, -0.25) is 4.90 Å². The Kier molecular flexibility index (Phi) is 3.20. The van der Waals surface area contributed by atoms with Gasteiger partial charge in [0, 0.05) is 18.7 Å². The highest BCUT2D eigenvalue weighted by Crippen LogP contribution is 2.27. The maximum atomic E-state index is 12.9. The van der Waals surface area contributed by atoms with Crippen molar-refractivity contribution >= 4 is 0 Å². The van der Waals surface area contributed by atoms with Gasteiger partial charge in [0.1, 0.15) is 5.82 Å². The van der Waals surface area contributed by atoms with Crippen LogP contribution in [0.2, 0.25) is 0 Å². The molecule has 3 heterocycles. The average Bonchev–Trinajstić information content (AvgIpc) is 3.16. The Hall–Kier alpha value is -1.79. The van der Waals surface area contributed by atoms with Crippen LogP contribution in [0.3, 0.4) is 0 Å². The van der Waals surface area contributed by atoms with Crippen LogP contribution in [0.25, 0.3) is 11.5 Å². The lowest BCUT2D eigenvalue weighted by atomic mass is 10.0. The van der Waals surface area contributed by atoms with E-state index in [0.29, 0.717) is 18.3 Å². The van der Waals surface area contributed by atoms with Crippen LogP contribution in [0.5, 0.6) is 0 Å². The summed E-state index contributed by atoms with van der Waals surface area (Å²) in [6.07, 6.45) is 0. The SMILES string of the molecule is Fc1ccc(-c2nnc(CN3C[C@H]4CNC[C@H]4C3)o2)cc1. The van der Waals surface area contributed by atoms with Crippen LogP contribution in [0, 0.1) is 17.7 Å². The number of hydrogen-bond acceptors (Lipinski definition) is 5. The lowest BCUT2D eigenvalue weighted by molar-refractivity contribution is 0.273. The second kappa shape index (κ2) is 5.20. The van der Waals surface area contributed by atoms with E-state index in [4.69, 9.17) is 4.42 Å². The van der Waals surface area contributed by atoms with Crippen molar-refractivity contribution in [2.45, 2.75) is 6.54 Å². The van der Waals surface area contributed by atoms with E-state index >= 15 is 0 Å². The van der Waals surface area contributed by atoms with Crippen LogP contribution in [-0.4, -0.2) is 41.3 Å². The first-order valence-electron chi connectivity index (χ1n) is 7.29. The van der Waals surface area contributed by atoms with Gasteiger partial charge in [0.05, 0.1) is 6.54 Å². The largest absolute Gasteiger partial charge is 0.419 e. The second-order valence-corrected chi connectivity index (χ2v) is 5.88. The topological polar surface area (TPSA) is 54.2 Å². The molecule has 0 aliphatic carbocycles. The summed E-state index contributed by atoms with van der Waals surface area (Å²) < 4.78 is 18.6. The summed E-state index contributed by atoms with van der Waals surface area (Å²) in [6, 6.07) is 6.10. The Labute approximate surface area is 122 Å². The van der Waals surface area contributed by atoms with Gasteiger partial charge < -0.3 is 9.73 Å². The summed E-state index contributed by atoms with van der Waals surface area (Å²) in [5, 5.41) is 11.6. The number of nitrogens with one attached hydrogen (secondary N) is 1. The molecule has 0 amide bonds. The number of halogens is 1. The zero-order chi connectivity index (χ0) is 14.2. The van der Waals surface area contributed by atoms with E-state index in [9.17, 15) is 4.39 Å². The molecule has 1 aromatic heterocycles. The molecule has 4 rings (SSSR count).